The second kappa shape index (κ2) is 8.49. The topological polar surface area (TPSA) is 46.3 Å². The van der Waals surface area contributed by atoms with Gasteiger partial charge in [0.1, 0.15) is 0 Å². The first-order chi connectivity index (χ1) is 11.1. The molecule has 0 bridgehead atoms. The molecule has 0 fully saturated rings. The SMILES string of the molecule is CCCCC(=O)N1c2ccc(CC(N)CCCC)cc2CC1C. The number of hydrogen-bond acceptors (Lipinski definition) is 2. The molecule has 0 aliphatic carbocycles. The Labute approximate surface area is 141 Å². The maximum Gasteiger partial charge on any atom is 0.227 e. The van der Waals surface area contributed by atoms with Gasteiger partial charge in [0.25, 0.3) is 0 Å². The van der Waals surface area contributed by atoms with Crippen molar-refractivity contribution in [3.63, 3.8) is 0 Å². The first-order valence-electron chi connectivity index (χ1n) is 9.26. The van der Waals surface area contributed by atoms with Crippen molar-refractivity contribution in [1.29, 1.82) is 0 Å². The molecule has 3 nitrogen and oxygen atoms in total. The van der Waals surface area contributed by atoms with Crippen molar-refractivity contribution in [3.8, 4) is 0 Å². The maximum absolute atomic E-state index is 12.5. The first kappa shape index (κ1) is 18.0. The lowest BCUT2D eigenvalue weighted by Crippen LogP contribution is -2.35. The number of nitrogens with two attached hydrogens (primary N) is 1. The van der Waals surface area contributed by atoms with E-state index in [0.29, 0.717) is 6.42 Å². The van der Waals surface area contributed by atoms with Gasteiger partial charge in [-0.1, -0.05) is 45.2 Å². The molecule has 2 N–H and O–H groups in total. The lowest BCUT2D eigenvalue weighted by Gasteiger charge is -2.23. The molecular weight excluding hydrogens is 284 g/mol. The molecule has 128 valence electrons. The van der Waals surface area contributed by atoms with Crippen molar-refractivity contribution in [2.45, 2.75) is 84.2 Å². The van der Waals surface area contributed by atoms with Crippen LogP contribution in [0.15, 0.2) is 18.2 Å². The van der Waals surface area contributed by atoms with Crippen molar-refractivity contribution in [3.05, 3.63) is 29.3 Å². The van der Waals surface area contributed by atoms with Gasteiger partial charge in [0.05, 0.1) is 0 Å². The minimum atomic E-state index is 0.245. The third-order valence-electron chi connectivity index (χ3n) is 4.80. The molecule has 23 heavy (non-hydrogen) atoms. The average molecular weight is 316 g/mol. The van der Waals surface area contributed by atoms with Gasteiger partial charge in [0.15, 0.2) is 0 Å². The van der Waals surface area contributed by atoms with Crippen LogP contribution >= 0.6 is 0 Å². The molecule has 0 saturated carbocycles. The molecular formula is C20H32N2O. The molecule has 2 atom stereocenters. The highest BCUT2D eigenvalue weighted by Crippen LogP contribution is 2.34. The van der Waals surface area contributed by atoms with Crippen LogP contribution in [-0.4, -0.2) is 18.0 Å². The zero-order chi connectivity index (χ0) is 16.8. The number of hydrogen-bond donors (Lipinski definition) is 1. The number of fused-ring (bicyclic) bond motifs is 1. The number of benzene rings is 1. The Hall–Kier alpha value is -1.35. The molecule has 1 amide bonds. The highest BCUT2D eigenvalue weighted by atomic mass is 16.2. The van der Waals surface area contributed by atoms with Crippen molar-refractivity contribution < 1.29 is 4.79 Å². The molecule has 0 radical (unpaired) electrons. The van der Waals surface area contributed by atoms with Crippen LogP contribution in [0.25, 0.3) is 0 Å². The van der Waals surface area contributed by atoms with Crippen LogP contribution in [0.3, 0.4) is 0 Å². The summed E-state index contributed by atoms with van der Waals surface area (Å²) >= 11 is 0. The summed E-state index contributed by atoms with van der Waals surface area (Å²) in [6.07, 6.45) is 8.08. The van der Waals surface area contributed by atoms with Crippen molar-refractivity contribution in [1.82, 2.24) is 0 Å². The van der Waals surface area contributed by atoms with Gasteiger partial charge >= 0.3 is 0 Å². The monoisotopic (exact) mass is 316 g/mol. The van der Waals surface area contributed by atoms with Crippen molar-refractivity contribution in [2.75, 3.05) is 4.90 Å². The standard InChI is InChI=1S/C20H32N2O/c1-4-6-8-18(21)14-16-10-11-19-17(13-16)12-15(3)22(19)20(23)9-7-5-2/h10-11,13,15,18H,4-9,12,14,21H2,1-3H3. The van der Waals surface area contributed by atoms with Gasteiger partial charge in [-0.15, -0.1) is 0 Å². The van der Waals surface area contributed by atoms with Gasteiger partial charge in [-0.25, -0.2) is 0 Å². The Morgan fingerprint density at radius 2 is 2.04 bits per heavy atom. The molecule has 2 rings (SSSR count). The zero-order valence-corrected chi connectivity index (χ0v) is 15.0. The second-order valence-electron chi connectivity index (χ2n) is 6.99. The minimum Gasteiger partial charge on any atom is -0.327 e. The fraction of sp³-hybridized carbons (Fsp3) is 0.650. The van der Waals surface area contributed by atoms with E-state index in [9.17, 15) is 4.79 Å². The van der Waals surface area contributed by atoms with E-state index in [-0.39, 0.29) is 18.0 Å². The number of rotatable bonds is 8. The van der Waals surface area contributed by atoms with Gasteiger partial charge in [-0.2, -0.15) is 0 Å². The van der Waals surface area contributed by atoms with Crippen LogP contribution in [0.2, 0.25) is 0 Å². The van der Waals surface area contributed by atoms with E-state index in [0.717, 1.165) is 37.8 Å². The maximum atomic E-state index is 12.5. The third-order valence-corrected chi connectivity index (χ3v) is 4.80. The molecule has 1 aliphatic heterocycles. The van der Waals surface area contributed by atoms with E-state index >= 15 is 0 Å². The van der Waals surface area contributed by atoms with Gasteiger partial charge in [0, 0.05) is 24.2 Å². The summed E-state index contributed by atoms with van der Waals surface area (Å²) in [5.41, 5.74) is 9.96. The van der Waals surface area contributed by atoms with Crippen LogP contribution < -0.4 is 10.6 Å². The van der Waals surface area contributed by atoms with Crippen LogP contribution in [0.5, 0.6) is 0 Å². The van der Waals surface area contributed by atoms with Gasteiger partial charge < -0.3 is 10.6 Å². The molecule has 1 aromatic carbocycles. The summed E-state index contributed by atoms with van der Waals surface area (Å²) in [5.74, 6) is 0.269. The average Bonchev–Trinajstić information content (AvgIpc) is 2.85. The lowest BCUT2D eigenvalue weighted by atomic mass is 9.99. The highest BCUT2D eigenvalue weighted by Gasteiger charge is 2.30. The van der Waals surface area contributed by atoms with Crippen LogP contribution in [0, 0.1) is 0 Å². The molecule has 1 aliphatic rings. The van der Waals surface area contributed by atoms with E-state index in [2.05, 4.69) is 39.0 Å². The van der Waals surface area contributed by atoms with E-state index < -0.39 is 0 Å². The first-order valence-corrected chi connectivity index (χ1v) is 9.26. The number of anilines is 1. The quantitative estimate of drug-likeness (QED) is 0.780. The predicted octanol–water partition coefficient (Wildman–Crippen LogP) is 4.21. The molecule has 0 aromatic heterocycles. The van der Waals surface area contributed by atoms with Crippen molar-refractivity contribution in [2.24, 2.45) is 5.73 Å². The second-order valence-corrected chi connectivity index (χ2v) is 6.99. The normalized spacial score (nSPS) is 18.1. The Bertz CT molecular complexity index is 526. The van der Waals surface area contributed by atoms with Gasteiger partial charge in [0.2, 0.25) is 5.91 Å². The minimum absolute atomic E-state index is 0.245. The van der Waals surface area contributed by atoms with E-state index in [1.54, 1.807) is 0 Å². The number of amides is 1. The van der Waals surface area contributed by atoms with Crippen LogP contribution in [0.1, 0.15) is 70.4 Å². The largest absolute Gasteiger partial charge is 0.327 e. The Kier molecular flexibility index (Phi) is 6.64. The van der Waals surface area contributed by atoms with E-state index in [1.165, 1.54) is 24.0 Å². The van der Waals surface area contributed by atoms with Crippen molar-refractivity contribution >= 4 is 11.6 Å². The summed E-state index contributed by atoms with van der Waals surface area (Å²) in [6, 6.07) is 7.07. The lowest BCUT2D eigenvalue weighted by molar-refractivity contribution is -0.119. The summed E-state index contributed by atoms with van der Waals surface area (Å²) in [5, 5.41) is 0. The number of carbonyl (C=O) groups excluding carboxylic acids is 1. The number of nitrogens with zero attached hydrogens (tertiary/aromatic N) is 1. The number of carbonyl (C=O) groups is 1. The van der Waals surface area contributed by atoms with E-state index in [4.69, 9.17) is 5.73 Å². The fourth-order valence-corrected chi connectivity index (χ4v) is 3.51. The summed E-state index contributed by atoms with van der Waals surface area (Å²) in [4.78, 5) is 14.5. The Balaban J connectivity index is 2.07. The summed E-state index contributed by atoms with van der Waals surface area (Å²) in [6.45, 7) is 6.48. The van der Waals surface area contributed by atoms with Gasteiger partial charge in [-0.05, 0) is 49.8 Å². The molecule has 1 heterocycles. The molecule has 0 spiro atoms. The molecule has 0 saturated heterocycles. The van der Waals surface area contributed by atoms with E-state index in [1.807, 2.05) is 4.90 Å². The van der Waals surface area contributed by atoms with Crippen LogP contribution in [0.4, 0.5) is 5.69 Å². The summed E-state index contributed by atoms with van der Waals surface area (Å²) in [7, 11) is 0. The Morgan fingerprint density at radius 1 is 1.30 bits per heavy atom. The zero-order valence-electron chi connectivity index (χ0n) is 15.0. The highest BCUT2D eigenvalue weighted by molar-refractivity contribution is 5.96. The molecule has 1 aromatic rings. The third kappa shape index (κ3) is 4.57. The van der Waals surface area contributed by atoms with Crippen LogP contribution in [-0.2, 0) is 17.6 Å². The molecule has 2 unspecified atom stereocenters. The number of unbranched alkanes of at least 4 members (excludes halogenated alkanes) is 2. The summed E-state index contributed by atoms with van der Waals surface area (Å²) < 4.78 is 0. The fourth-order valence-electron chi connectivity index (χ4n) is 3.51. The Morgan fingerprint density at radius 3 is 2.74 bits per heavy atom. The molecule has 3 heteroatoms. The van der Waals surface area contributed by atoms with Gasteiger partial charge in [-0.3, -0.25) is 4.79 Å². The predicted molar refractivity (Wildman–Crippen MR) is 97.8 cm³/mol. The smallest absolute Gasteiger partial charge is 0.227 e.